The molecule has 2 aromatic carbocycles. The van der Waals surface area contributed by atoms with Crippen molar-refractivity contribution in [3.05, 3.63) is 58.3 Å². The molecule has 16 heavy (non-hydrogen) atoms. The van der Waals surface area contributed by atoms with Gasteiger partial charge < -0.3 is 0 Å². The Labute approximate surface area is 101 Å². The molecule has 0 saturated carbocycles. The van der Waals surface area contributed by atoms with Gasteiger partial charge in [0.2, 0.25) is 0 Å². The van der Waals surface area contributed by atoms with Crippen molar-refractivity contribution in [2.75, 3.05) is 0 Å². The van der Waals surface area contributed by atoms with E-state index >= 15 is 0 Å². The standard InChI is InChI=1S/C13H7BrFN/c14-12-7-9(5-6-13(12)15)11-4-2-1-3-10(11)8-16/h1-7H. The minimum absolute atomic E-state index is 0.307. The van der Waals surface area contributed by atoms with Crippen molar-refractivity contribution in [2.45, 2.75) is 0 Å². The molecule has 0 spiro atoms. The summed E-state index contributed by atoms with van der Waals surface area (Å²) in [6.45, 7) is 0. The summed E-state index contributed by atoms with van der Waals surface area (Å²) >= 11 is 3.13. The summed E-state index contributed by atoms with van der Waals surface area (Å²) in [6.07, 6.45) is 0. The summed E-state index contributed by atoms with van der Waals surface area (Å²) in [5.41, 5.74) is 2.22. The minimum atomic E-state index is -0.307. The Kier molecular flexibility index (Phi) is 3.02. The first kappa shape index (κ1) is 10.8. The van der Waals surface area contributed by atoms with E-state index in [0.29, 0.717) is 10.0 Å². The summed E-state index contributed by atoms with van der Waals surface area (Å²) in [7, 11) is 0. The van der Waals surface area contributed by atoms with E-state index in [-0.39, 0.29) is 5.82 Å². The van der Waals surface area contributed by atoms with E-state index in [1.165, 1.54) is 6.07 Å². The zero-order chi connectivity index (χ0) is 11.5. The molecule has 0 amide bonds. The maximum Gasteiger partial charge on any atom is 0.137 e. The Balaban J connectivity index is 2.60. The molecule has 0 aliphatic rings. The Morgan fingerprint density at radius 3 is 2.56 bits per heavy atom. The molecule has 0 heterocycles. The molecule has 2 rings (SSSR count). The molecule has 0 unspecified atom stereocenters. The first-order valence-electron chi connectivity index (χ1n) is 4.67. The van der Waals surface area contributed by atoms with E-state index in [4.69, 9.17) is 5.26 Å². The second-order valence-corrected chi connectivity index (χ2v) is 4.14. The lowest BCUT2D eigenvalue weighted by atomic mass is 10.0. The van der Waals surface area contributed by atoms with Crippen LogP contribution in [0, 0.1) is 17.1 Å². The van der Waals surface area contributed by atoms with E-state index in [1.807, 2.05) is 12.1 Å². The molecule has 0 atom stereocenters. The predicted octanol–water partition coefficient (Wildman–Crippen LogP) is 4.13. The Hall–Kier alpha value is -1.66. The first-order valence-corrected chi connectivity index (χ1v) is 5.46. The van der Waals surface area contributed by atoms with Crippen LogP contribution in [0.1, 0.15) is 5.56 Å². The Bertz CT molecular complexity index is 572. The smallest absolute Gasteiger partial charge is 0.137 e. The molecule has 0 aliphatic carbocycles. The van der Waals surface area contributed by atoms with Crippen molar-refractivity contribution in [3.8, 4) is 17.2 Å². The van der Waals surface area contributed by atoms with E-state index in [2.05, 4.69) is 22.0 Å². The van der Waals surface area contributed by atoms with Crippen LogP contribution in [-0.2, 0) is 0 Å². The van der Waals surface area contributed by atoms with E-state index in [0.717, 1.165) is 11.1 Å². The second kappa shape index (κ2) is 4.46. The zero-order valence-electron chi connectivity index (χ0n) is 8.24. The van der Waals surface area contributed by atoms with Gasteiger partial charge in [0.1, 0.15) is 5.82 Å². The van der Waals surface area contributed by atoms with Gasteiger partial charge in [-0.25, -0.2) is 4.39 Å². The van der Waals surface area contributed by atoms with Crippen molar-refractivity contribution in [1.82, 2.24) is 0 Å². The third kappa shape index (κ3) is 1.98. The SMILES string of the molecule is N#Cc1ccccc1-c1ccc(F)c(Br)c1. The lowest BCUT2D eigenvalue weighted by molar-refractivity contribution is 0.621. The van der Waals surface area contributed by atoms with Crippen molar-refractivity contribution >= 4 is 15.9 Å². The zero-order valence-corrected chi connectivity index (χ0v) is 9.83. The molecular formula is C13H7BrFN. The highest BCUT2D eigenvalue weighted by Gasteiger charge is 2.06. The van der Waals surface area contributed by atoms with Gasteiger partial charge in [0.25, 0.3) is 0 Å². The van der Waals surface area contributed by atoms with Crippen molar-refractivity contribution in [3.63, 3.8) is 0 Å². The molecule has 3 heteroatoms. The van der Waals surface area contributed by atoms with Gasteiger partial charge in [0.15, 0.2) is 0 Å². The number of nitrogens with zero attached hydrogens (tertiary/aromatic N) is 1. The Morgan fingerprint density at radius 1 is 1.12 bits per heavy atom. The minimum Gasteiger partial charge on any atom is -0.206 e. The van der Waals surface area contributed by atoms with Crippen LogP contribution in [0.15, 0.2) is 46.9 Å². The normalized spacial score (nSPS) is 9.81. The van der Waals surface area contributed by atoms with E-state index in [1.54, 1.807) is 24.3 Å². The van der Waals surface area contributed by atoms with E-state index < -0.39 is 0 Å². The molecule has 1 nitrogen and oxygen atoms in total. The molecule has 0 aliphatic heterocycles. The van der Waals surface area contributed by atoms with Gasteiger partial charge in [-0.1, -0.05) is 24.3 Å². The molecule has 0 bridgehead atoms. The second-order valence-electron chi connectivity index (χ2n) is 3.29. The summed E-state index contributed by atoms with van der Waals surface area (Å²) in [6, 6.07) is 14.1. The largest absolute Gasteiger partial charge is 0.206 e. The number of hydrogen-bond acceptors (Lipinski definition) is 1. The van der Waals surface area contributed by atoms with Gasteiger partial charge in [-0.2, -0.15) is 5.26 Å². The fourth-order valence-electron chi connectivity index (χ4n) is 1.50. The summed E-state index contributed by atoms with van der Waals surface area (Å²) in [5.74, 6) is -0.307. The molecule has 0 fully saturated rings. The molecule has 78 valence electrons. The van der Waals surface area contributed by atoms with Crippen molar-refractivity contribution in [1.29, 1.82) is 5.26 Å². The van der Waals surface area contributed by atoms with Gasteiger partial charge in [-0.3, -0.25) is 0 Å². The quantitative estimate of drug-likeness (QED) is 0.768. The fraction of sp³-hybridized carbons (Fsp3) is 0. The molecular weight excluding hydrogens is 269 g/mol. The lowest BCUT2D eigenvalue weighted by Gasteiger charge is -2.04. The molecule has 0 radical (unpaired) electrons. The van der Waals surface area contributed by atoms with Crippen LogP contribution in [0.25, 0.3) is 11.1 Å². The number of benzene rings is 2. The van der Waals surface area contributed by atoms with Gasteiger partial charge in [-0.05, 0) is 45.3 Å². The summed E-state index contributed by atoms with van der Waals surface area (Å²) < 4.78 is 13.5. The monoisotopic (exact) mass is 275 g/mol. The van der Waals surface area contributed by atoms with E-state index in [9.17, 15) is 4.39 Å². The number of hydrogen-bond donors (Lipinski definition) is 0. The predicted molar refractivity (Wildman–Crippen MR) is 64.3 cm³/mol. The lowest BCUT2D eigenvalue weighted by Crippen LogP contribution is -1.85. The van der Waals surface area contributed by atoms with Crippen LogP contribution in [0.5, 0.6) is 0 Å². The highest BCUT2D eigenvalue weighted by atomic mass is 79.9. The third-order valence-corrected chi connectivity index (χ3v) is 2.89. The average molecular weight is 276 g/mol. The van der Waals surface area contributed by atoms with Gasteiger partial charge >= 0.3 is 0 Å². The highest BCUT2D eigenvalue weighted by Crippen LogP contribution is 2.27. The number of halogens is 2. The first-order chi connectivity index (χ1) is 7.72. The maximum atomic E-state index is 13.1. The number of rotatable bonds is 1. The average Bonchev–Trinajstić information content (AvgIpc) is 2.32. The van der Waals surface area contributed by atoms with Crippen LogP contribution in [-0.4, -0.2) is 0 Å². The van der Waals surface area contributed by atoms with Crippen molar-refractivity contribution in [2.24, 2.45) is 0 Å². The summed E-state index contributed by atoms with van der Waals surface area (Å²) in [5, 5.41) is 8.97. The van der Waals surface area contributed by atoms with Crippen LogP contribution in [0.2, 0.25) is 0 Å². The van der Waals surface area contributed by atoms with Gasteiger partial charge in [0, 0.05) is 0 Å². The molecule has 0 saturated heterocycles. The van der Waals surface area contributed by atoms with Crippen LogP contribution < -0.4 is 0 Å². The molecule has 0 aromatic heterocycles. The fourth-order valence-corrected chi connectivity index (χ4v) is 1.87. The third-order valence-electron chi connectivity index (χ3n) is 2.28. The molecule has 0 N–H and O–H groups in total. The topological polar surface area (TPSA) is 23.8 Å². The van der Waals surface area contributed by atoms with Crippen LogP contribution in [0.4, 0.5) is 4.39 Å². The van der Waals surface area contributed by atoms with Crippen molar-refractivity contribution < 1.29 is 4.39 Å². The highest BCUT2D eigenvalue weighted by molar-refractivity contribution is 9.10. The van der Waals surface area contributed by atoms with Gasteiger partial charge in [0.05, 0.1) is 16.1 Å². The van der Waals surface area contributed by atoms with Crippen LogP contribution in [0.3, 0.4) is 0 Å². The van der Waals surface area contributed by atoms with Crippen LogP contribution >= 0.6 is 15.9 Å². The van der Waals surface area contributed by atoms with Gasteiger partial charge in [-0.15, -0.1) is 0 Å². The number of nitriles is 1. The summed E-state index contributed by atoms with van der Waals surface area (Å²) in [4.78, 5) is 0. The maximum absolute atomic E-state index is 13.1. The molecule has 2 aromatic rings. The Morgan fingerprint density at radius 2 is 1.88 bits per heavy atom.